The number of halogens is 1. The van der Waals surface area contributed by atoms with Gasteiger partial charge in [-0.3, -0.25) is 14.4 Å². The van der Waals surface area contributed by atoms with Crippen LogP contribution in [0.5, 0.6) is 5.75 Å². The van der Waals surface area contributed by atoms with Crippen LogP contribution in [0.3, 0.4) is 0 Å². The molecule has 0 fully saturated rings. The molecule has 2 amide bonds. The van der Waals surface area contributed by atoms with E-state index in [0.717, 1.165) is 10.8 Å². The fourth-order valence-corrected chi connectivity index (χ4v) is 4.13. The number of ether oxygens (including phenoxy) is 2. The van der Waals surface area contributed by atoms with Gasteiger partial charge < -0.3 is 14.8 Å². The number of amides is 2. The van der Waals surface area contributed by atoms with Crippen LogP contribution in [-0.4, -0.2) is 28.7 Å². The number of rotatable bonds is 5. The highest BCUT2D eigenvalue weighted by Gasteiger charge is 2.35. The van der Waals surface area contributed by atoms with E-state index >= 15 is 0 Å². The van der Waals surface area contributed by atoms with Gasteiger partial charge in [0.15, 0.2) is 0 Å². The monoisotopic (exact) mass is 511 g/mol. The van der Waals surface area contributed by atoms with Crippen molar-refractivity contribution in [2.24, 2.45) is 5.10 Å². The largest absolute Gasteiger partial charge is 0.446 e. The molecular formula is C29H22FN3O5. The first kappa shape index (κ1) is 24.6. The standard InChI is InChI=1S/C29H22FN3O5/c1-17(34)33-29(21-9-14-23(15-10-21)31-27(36)20-7-12-22(30)13-8-20)38-28(32-33)26-24-6-4-3-5-19(24)11-16-25(26)37-18(2)35/h3-16,29H,1-2H3,(H,31,36)/t29-/m1/s1. The number of anilines is 1. The highest BCUT2D eigenvalue weighted by Crippen LogP contribution is 2.36. The predicted molar refractivity (Wildman–Crippen MR) is 139 cm³/mol. The molecule has 4 aromatic rings. The molecule has 1 atom stereocenters. The maximum Gasteiger partial charge on any atom is 0.308 e. The Morgan fingerprint density at radius 2 is 1.63 bits per heavy atom. The minimum absolute atomic E-state index is 0.131. The SMILES string of the molecule is CC(=O)Oc1ccc2ccccc2c1C1=NN(C(C)=O)[C@@H](c2ccc(NC(=O)c3ccc(F)cc3)cc2)O1. The summed E-state index contributed by atoms with van der Waals surface area (Å²) in [5.41, 5.74) is 1.88. The number of benzene rings is 4. The summed E-state index contributed by atoms with van der Waals surface area (Å²) >= 11 is 0. The van der Waals surface area contributed by atoms with Crippen molar-refractivity contribution in [3.63, 3.8) is 0 Å². The molecule has 0 aliphatic carbocycles. The van der Waals surface area contributed by atoms with Crippen LogP contribution in [-0.2, 0) is 14.3 Å². The summed E-state index contributed by atoms with van der Waals surface area (Å²) in [6, 6.07) is 22.9. The molecule has 0 saturated heterocycles. The summed E-state index contributed by atoms with van der Waals surface area (Å²) in [5.74, 6) is -1.28. The van der Waals surface area contributed by atoms with E-state index in [1.807, 2.05) is 30.3 Å². The summed E-state index contributed by atoms with van der Waals surface area (Å²) in [6.07, 6.45) is -0.881. The third-order valence-electron chi connectivity index (χ3n) is 5.89. The number of carbonyl (C=O) groups is 3. The van der Waals surface area contributed by atoms with Gasteiger partial charge in [-0.1, -0.05) is 42.5 Å². The van der Waals surface area contributed by atoms with Crippen LogP contribution in [0, 0.1) is 5.82 Å². The molecular weight excluding hydrogens is 489 g/mol. The molecule has 1 N–H and O–H groups in total. The van der Waals surface area contributed by atoms with Crippen LogP contribution in [0.2, 0.25) is 0 Å². The van der Waals surface area contributed by atoms with E-state index in [0.29, 0.717) is 22.4 Å². The Bertz CT molecular complexity index is 1580. The molecule has 4 aromatic carbocycles. The van der Waals surface area contributed by atoms with Crippen molar-refractivity contribution in [1.82, 2.24) is 5.01 Å². The molecule has 0 saturated carbocycles. The van der Waals surface area contributed by atoms with Crippen molar-refractivity contribution >= 4 is 40.1 Å². The second-order valence-electron chi connectivity index (χ2n) is 8.58. The van der Waals surface area contributed by atoms with Gasteiger partial charge >= 0.3 is 5.97 Å². The topological polar surface area (TPSA) is 97.3 Å². The van der Waals surface area contributed by atoms with Gasteiger partial charge in [0.05, 0.1) is 5.56 Å². The molecule has 0 spiro atoms. The first-order valence-corrected chi connectivity index (χ1v) is 11.7. The zero-order chi connectivity index (χ0) is 26.8. The van der Waals surface area contributed by atoms with E-state index < -0.39 is 18.0 Å². The Labute approximate surface area is 217 Å². The lowest BCUT2D eigenvalue weighted by molar-refractivity contribution is -0.135. The average Bonchev–Trinajstić information content (AvgIpc) is 3.34. The maximum absolute atomic E-state index is 13.1. The zero-order valence-electron chi connectivity index (χ0n) is 20.5. The summed E-state index contributed by atoms with van der Waals surface area (Å²) in [7, 11) is 0. The summed E-state index contributed by atoms with van der Waals surface area (Å²) in [5, 5.41) is 10.0. The van der Waals surface area contributed by atoms with Gasteiger partial charge in [-0.25, -0.2) is 4.39 Å². The van der Waals surface area contributed by atoms with Crippen LogP contribution < -0.4 is 10.1 Å². The molecule has 0 bridgehead atoms. The molecule has 190 valence electrons. The quantitative estimate of drug-likeness (QED) is 0.286. The molecule has 0 unspecified atom stereocenters. The number of hydrazone groups is 1. The van der Waals surface area contributed by atoms with Gasteiger partial charge in [0.2, 0.25) is 18.0 Å². The van der Waals surface area contributed by atoms with Crippen LogP contribution in [0.25, 0.3) is 10.8 Å². The first-order valence-electron chi connectivity index (χ1n) is 11.7. The van der Waals surface area contributed by atoms with Gasteiger partial charge in [-0.05, 0) is 53.2 Å². The second kappa shape index (κ2) is 10.1. The molecule has 8 nitrogen and oxygen atoms in total. The number of carbonyl (C=O) groups excluding carboxylic acids is 3. The lowest BCUT2D eigenvalue weighted by atomic mass is 10.0. The third kappa shape index (κ3) is 4.94. The van der Waals surface area contributed by atoms with E-state index in [2.05, 4.69) is 10.4 Å². The van der Waals surface area contributed by atoms with E-state index in [9.17, 15) is 18.8 Å². The maximum atomic E-state index is 13.1. The zero-order valence-corrected chi connectivity index (χ0v) is 20.5. The second-order valence-corrected chi connectivity index (χ2v) is 8.58. The van der Waals surface area contributed by atoms with Crippen LogP contribution in [0.15, 0.2) is 90.0 Å². The summed E-state index contributed by atoms with van der Waals surface area (Å²) < 4.78 is 24.8. The smallest absolute Gasteiger partial charge is 0.308 e. The summed E-state index contributed by atoms with van der Waals surface area (Å²) in [6.45, 7) is 2.67. The van der Waals surface area contributed by atoms with Gasteiger partial charge in [0, 0.05) is 30.7 Å². The normalized spacial score (nSPS) is 14.6. The number of hydrogen-bond acceptors (Lipinski definition) is 6. The fraction of sp³-hybridized carbons (Fsp3) is 0.103. The number of nitrogens with one attached hydrogen (secondary N) is 1. The van der Waals surface area contributed by atoms with E-state index in [1.165, 1.54) is 43.1 Å². The van der Waals surface area contributed by atoms with Crippen molar-refractivity contribution < 1.29 is 28.2 Å². The molecule has 0 radical (unpaired) electrons. The van der Waals surface area contributed by atoms with Crippen molar-refractivity contribution in [3.05, 3.63) is 107 Å². The molecule has 0 aromatic heterocycles. The Hall–Kier alpha value is -5.05. The molecule has 9 heteroatoms. The number of nitrogens with zero attached hydrogens (tertiary/aromatic N) is 2. The molecule has 1 heterocycles. The third-order valence-corrected chi connectivity index (χ3v) is 5.89. The van der Waals surface area contributed by atoms with Crippen LogP contribution in [0.4, 0.5) is 10.1 Å². The highest BCUT2D eigenvalue weighted by molar-refractivity contribution is 6.10. The molecule has 1 aliphatic heterocycles. The minimum Gasteiger partial charge on any atom is -0.446 e. The molecule has 5 rings (SSSR count). The minimum atomic E-state index is -0.881. The van der Waals surface area contributed by atoms with Gasteiger partial charge in [0.1, 0.15) is 11.6 Å². The summed E-state index contributed by atoms with van der Waals surface area (Å²) in [4.78, 5) is 36.7. The van der Waals surface area contributed by atoms with Crippen LogP contribution in [0.1, 0.15) is 41.6 Å². The van der Waals surface area contributed by atoms with Crippen molar-refractivity contribution in [3.8, 4) is 5.75 Å². The lowest BCUT2D eigenvalue weighted by Crippen LogP contribution is -2.25. The number of fused-ring (bicyclic) bond motifs is 1. The first-order chi connectivity index (χ1) is 18.3. The van der Waals surface area contributed by atoms with Crippen molar-refractivity contribution in [1.29, 1.82) is 0 Å². The van der Waals surface area contributed by atoms with E-state index in [4.69, 9.17) is 9.47 Å². The highest BCUT2D eigenvalue weighted by atomic mass is 19.1. The number of hydrogen-bond donors (Lipinski definition) is 1. The van der Waals surface area contributed by atoms with Gasteiger partial charge in [-0.2, -0.15) is 5.01 Å². The molecule has 38 heavy (non-hydrogen) atoms. The Morgan fingerprint density at radius 3 is 2.32 bits per heavy atom. The van der Waals surface area contributed by atoms with Gasteiger partial charge in [0.25, 0.3) is 5.91 Å². The molecule has 1 aliphatic rings. The average molecular weight is 512 g/mol. The number of esters is 1. The van der Waals surface area contributed by atoms with Crippen molar-refractivity contribution in [2.75, 3.05) is 5.32 Å². The Kier molecular flexibility index (Phi) is 6.57. The van der Waals surface area contributed by atoms with Crippen LogP contribution >= 0.6 is 0 Å². The fourth-order valence-electron chi connectivity index (χ4n) is 4.13. The van der Waals surface area contributed by atoms with E-state index in [1.54, 1.807) is 30.3 Å². The lowest BCUT2D eigenvalue weighted by Gasteiger charge is -2.20. The van der Waals surface area contributed by atoms with E-state index in [-0.39, 0.29) is 23.5 Å². The predicted octanol–water partition coefficient (Wildman–Crippen LogP) is 5.40. The van der Waals surface area contributed by atoms with Gasteiger partial charge in [-0.15, -0.1) is 5.10 Å². The Balaban J connectivity index is 1.43. The van der Waals surface area contributed by atoms with Crippen molar-refractivity contribution in [2.45, 2.75) is 20.1 Å². The Morgan fingerprint density at radius 1 is 0.921 bits per heavy atom.